The lowest BCUT2D eigenvalue weighted by Gasteiger charge is -2.10. The number of benzene rings is 3. The van der Waals surface area contributed by atoms with Gasteiger partial charge in [0.05, 0.1) is 13.2 Å². The summed E-state index contributed by atoms with van der Waals surface area (Å²) >= 11 is 0. The minimum atomic E-state index is -0.193. The van der Waals surface area contributed by atoms with E-state index in [2.05, 4.69) is 16.0 Å². The third-order valence-corrected chi connectivity index (χ3v) is 4.31. The Labute approximate surface area is 181 Å². The smallest absolute Gasteiger partial charge is 0.251 e. The highest BCUT2D eigenvalue weighted by Gasteiger charge is 2.07. The number of hydrogen-bond acceptors (Lipinski definition) is 5. The highest BCUT2D eigenvalue weighted by Crippen LogP contribution is 2.22. The number of anilines is 2. The van der Waals surface area contributed by atoms with Crippen molar-refractivity contribution in [2.75, 3.05) is 37.4 Å². The molecule has 0 aliphatic carbocycles. The van der Waals surface area contributed by atoms with Crippen LogP contribution in [0, 0.1) is 0 Å². The highest BCUT2D eigenvalue weighted by molar-refractivity contribution is 5.96. The zero-order chi connectivity index (χ0) is 21.9. The maximum Gasteiger partial charge on any atom is 0.251 e. The summed E-state index contributed by atoms with van der Waals surface area (Å²) in [5, 5.41) is 8.61. The topological polar surface area (TPSA) is 88.7 Å². The van der Waals surface area contributed by atoms with Gasteiger partial charge in [0.1, 0.15) is 11.5 Å². The summed E-state index contributed by atoms with van der Waals surface area (Å²) in [6, 6.07) is 23.6. The lowest BCUT2D eigenvalue weighted by atomic mass is 10.2. The van der Waals surface area contributed by atoms with Gasteiger partial charge in [-0.25, -0.2) is 0 Å². The van der Waals surface area contributed by atoms with Crippen LogP contribution in [0.5, 0.6) is 11.5 Å². The van der Waals surface area contributed by atoms with Crippen molar-refractivity contribution in [2.24, 2.45) is 0 Å². The number of ether oxygens (including phenoxy) is 2. The van der Waals surface area contributed by atoms with E-state index < -0.39 is 0 Å². The predicted molar refractivity (Wildman–Crippen MR) is 121 cm³/mol. The van der Waals surface area contributed by atoms with Crippen molar-refractivity contribution in [1.82, 2.24) is 5.32 Å². The largest absolute Gasteiger partial charge is 0.457 e. The van der Waals surface area contributed by atoms with E-state index in [9.17, 15) is 9.59 Å². The second-order valence-electron chi connectivity index (χ2n) is 6.67. The highest BCUT2D eigenvalue weighted by atomic mass is 16.5. The van der Waals surface area contributed by atoms with Gasteiger partial charge in [0.25, 0.3) is 5.91 Å². The molecule has 0 fully saturated rings. The second kappa shape index (κ2) is 11.4. The quantitative estimate of drug-likeness (QED) is 0.434. The lowest BCUT2D eigenvalue weighted by Crippen LogP contribution is -2.27. The molecule has 3 aromatic rings. The minimum absolute atomic E-state index is 0.109. The summed E-state index contributed by atoms with van der Waals surface area (Å²) in [6.07, 6.45) is 0. The molecule has 0 aromatic heterocycles. The first-order valence-corrected chi connectivity index (χ1v) is 9.88. The molecule has 0 aliphatic rings. The van der Waals surface area contributed by atoms with Crippen LogP contribution in [0.3, 0.4) is 0 Å². The third kappa shape index (κ3) is 7.17. The van der Waals surface area contributed by atoms with E-state index >= 15 is 0 Å². The fraction of sp³-hybridized carbons (Fsp3) is 0.167. The van der Waals surface area contributed by atoms with Gasteiger partial charge in [0.2, 0.25) is 5.91 Å². The molecule has 31 heavy (non-hydrogen) atoms. The Morgan fingerprint density at radius 3 is 2.13 bits per heavy atom. The van der Waals surface area contributed by atoms with E-state index in [4.69, 9.17) is 9.47 Å². The van der Waals surface area contributed by atoms with Crippen molar-refractivity contribution < 1.29 is 19.1 Å². The van der Waals surface area contributed by atoms with Gasteiger partial charge in [-0.3, -0.25) is 9.59 Å². The Kier molecular flexibility index (Phi) is 8.02. The Balaban J connectivity index is 1.44. The van der Waals surface area contributed by atoms with Gasteiger partial charge in [-0.05, 0) is 60.7 Å². The number of carbonyl (C=O) groups is 2. The molecule has 7 heteroatoms. The van der Waals surface area contributed by atoms with Crippen molar-refractivity contribution >= 4 is 23.2 Å². The molecule has 160 valence electrons. The van der Waals surface area contributed by atoms with E-state index in [1.54, 1.807) is 31.4 Å². The first-order valence-electron chi connectivity index (χ1n) is 9.88. The number of nitrogens with one attached hydrogen (secondary N) is 3. The molecular formula is C24H25N3O4. The zero-order valence-electron chi connectivity index (χ0n) is 17.3. The second-order valence-corrected chi connectivity index (χ2v) is 6.67. The molecule has 0 radical (unpaired) electrons. The SMILES string of the molecule is COCCNC(=O)c1ccc(NC(=O)CNc2ccc(Oc3ccccc3)cc2)cc1. The molecule has 0 aliphatic heterocycles. The van der Waals surface area contributed by atoms with Crippen molar-refractivity contribution in [3.8, 4) is 11.5 Å². The maximum absolute atomic E-state index is 12.2. The third-order valence-electron chi connectivity index (χ3n) is 4.31. The average molecular weight is 419 g/mol. The first kappa shape index (κ1) is 21.9. The van der Waals surface area contributed by atoms with Gasteiger partial charge in [0, 0.05) is 30.6 Å². The van der Waals surface area contributed by atoms with Crippen LogP contribution in [0.4, 0.5) is 11.4 Å². The fourth-order valence-corrected chi connectivity index (χ4v) is 2.73. The molecule has 0 unspecified atom stereocenters. The molecule has 2 amide bonds. The Bertz CT molecular complexity index is 974. The van der Waals surface area contributed by atoms with Crippen molar-refractivity contribution in [1.29, 1.82) is 0 Å². The van der Waals surface area contributed by atoms with Gasteiger partial charge in [0.15, 0.2) is 0 Å². The molecule has 0 spiro atoms. The number of hydrogen-bond donors (Lipinski definition) is 3. The number of methoxy groups -OCH3 is 1. The van der Waals surface area contributed by atoms with Gasteiger partial charge in [-0.1, -0.05) is 18.2 Å². The minimum Gasteiger partial charge on any atom is -0.457 e. The summed E-state index contributed by atoms with van der Waals surface area (Å²) < 4.78 is 10.7. The van der Waals surface area contributed by atoms with E-state index in [1.807, 2.05) is 54.6 Å². The first-order chi connectivity index (χ1) is 15.1. The van der Waals surface area contributed by atoms with Crippen molar-refractivity contribution in [3.63, 3.8) is 0 Å². The van der Waals surface area contributed by atoms with Crippen molar-refractivity contribution in [2.45, 2.75) is 0 Å². The van der Waals surface area contributed by atoms with Crippen LogP contribution in [-0.4, -0.2) is 38.6 Å². The van der Waals surface area contributed by atoms with Gasteiger partial charge < -0.3 is 25.4 Å². The normalized spacial score (nSPS) is 10.2. The molecule has 0 saturated carbocycles. The standard InChI is InChI=1S/C24H25N3O4/c1-30-16-15-25-24(29)18-7-9-20(10-8-18)27-23(28)17-26-19-11-13-22(14-12-19)31-21-5-3-2-4-6-21/h2-14,26H,15-17H2,1H3,(H,25,29)(H,27,28). The summed E-state index contributed by atoms with van der Waals surface area (Å²) in [4.78, 5) is 24.2. The Morgan fingerprint density at radius 1 is 0.806 bits per heavy atom. The van der Waals surface area contributed by atoms with Crippen LogP contribution in [0.15, 0.2) is 78.9 Å². The predicted octanol–water partition coefficient (Wildman–Crippen LogP) is 3.91. The van der Waals surface area contributed by atoms with Crippen LogP contribution in [0.25, 0.3) is 0 Å². The van der Waals surface area contributed by atoms with Gasteiger partial charge >= 0.3 is 0 Å². The average Bonchev–Trinajstić information content (AvgIpc) is 2.80. The summed E-state index contributed by atoms with van der Waals surface area (Å²) in [6.45, 7) is 1.01. The van der Waals surface area contributed by atoms with Crippen LogP contribution < -0.4 is 20.7 Å². The molecule has 0 heterocycles. The molecule has 0 saturated heterocycles. The molecule has 7 nitrogen and oxygen atoms in total. The van der Waals surface area contributed by atoms with Crippen molar-refractivity contribution in [3.05, 3.63) is 84.4 Å². The van der Waals surface area contributed by atoms with Crippen LogP contribution in [0.2, 0.25) is 0 Å². The summed E-state index contributed by atoms with van der Waals surface area (Å²) in [7, 11) is 1.58. The summed E-state index contributed by atoms with van der Waals surface area (Å²) in [5.74, 6) is 1.10. The number of carbonyl (C=O) groups excluding carboxylic acids is 2. The van der Waals surface area contributed by atoms with E-state index in [1.165, 1.54) is 0 Å². The van der Waals surface area contributed by atoms with Gasteiger partial charge in [-0.2, -0.15) is 0 Å². The molecule has 0 bridgehead atoms. The number of amides is 2. The van der Waals surface area contributed by atoms with E-state index in [0.717, 1.165) is 11.4 Å². The Hall–Kier alpha value is -3.84. The molecule has 3 rings (SSSR count). The molecule has 3 aromatic carbocycles. The Morgan fingerprint density at radius 2 is 1.45 bits per heavy atom. The van der Waals surface area contributed by atoms with E-state index in [0.29, 0.717) is 30.2 Å². The maximum atomic E-state index is 12.2. The summed E-state index contributed by atoms with van der Waals surface area (Å²) in [5.41, 5.74) is 1.94. The number of para-hydroxylation sites is 1. The van der Waals surface area contributed by atoms with Gasteiger partial charge in [-0.15, -0.1) is 0 Å². The molecular weight excluding hydrogens is 394 g/mol. The van der Waals surface area contributed by atoms with Crippen LogP contribution >= 0.6 is 0 Å². The monoisotopic (exact) mass is 419 g/mol. The molecule has 0 atom stereocenters. The number of rotatable bonds is 10. The fourth-order valence-electron chi connectivity index (χ4n) is 2.73. The van der Waals surface area contributed by atoms with Crippen LogP contribution in [-0.2, 0) is 9.53 Å². The zero-order valence-corrected chi connectivity index (χ0v) is 17.3. The molecule has 3 N–H and O–H groups in total. The van der Waals surface area contributed by atoms with Crippen LogP contribution in [0.1, 0.15) is 10.4 Å². The van der Waals surface area contributed by atoms with E-state index in [-0.39, 0.29) is 18.4 Å². The lowest BCUT2D eigenvalue weighted by molar-refractivity contribution is -0.114.